The Morgan fingerprint density at radius 1 is 1.27 bits per heavy atom. The molecule has 0 radical (unpaired) electrons. The second-order valence-corrected chi connectivity index (χ2v) is 12.3. The van der Waals surface area contributed by atoms with Crippen molar-refractivity contribution < 1.29 is 13.9 Å². The molecule has 0 aromatic rings. The Labute approximate surface area is 185 Å². The molecule has 0 saturated heterocycles. The van der Waals surface area contributed by atoms with Crippen LogP contribution in [0.4, 0.5) is 8.78 Å². The van der Waals surface area contributed by atoms with Gasteiger partial charge in [0.15, 0.2) is 0 Å². The second kappa shape index (κ2) is 8.38. The molecular formula is C25H44F2NOP. The molecule has 3 N–H and O–H groups in total. The van der Waals surface area contributed by atoms with Crippen LogP contribution in [0.3, 0.4) is 0 Å². The maximum Gasteiger partial charge on any atom is 0.259 e. The van der Waals surface area contributed by atoms with E-state index in [1.54, 1.807) is 9.24 Å². The number of halogens is 2. The molecule has 0 aliphatic heterocycles. The third-order valence-corrected chi connectivity index (χ3v) is 10.1. The summed E-state index contributed by atoms with van der Waals surface area (Å²) in [5, 5.41) is 10.3. The monoisotopic (exact) mass is 443 g/mol. The van der Waals surface area contributed by atoms with Crippen LogP contribution in [0.5, 0.6) is 0 Å². The minimum Gasteiger partial charge on any atom is -0.393 e. The third kappa shape index (κ3) is 4.15. The summed E-state index contributed by atoms with van der Waals surface area (Å²) in [6.07, 6.45) is 9.78. The van der Waals surface area contributed by atoms with E-state index in [1.165, 1.54) is 5.57 Å². The van der Waals surface area contributed by atoms with Gasteiger partial charge in [0.2, 0.25) is 0 Å². The number of hydrogen-bond donors (Lipinski definition) is 2. The fourth-order valence-corrected chi connectivity index (χ4v) is 8.43. The lowest BCUT2D eigenvalue weighted by molar-refractivity contribution is -0.0440. The fraction of sp³-hybridized carbons (Fsp3) is 0.920. The number of aliphatic hydroxyl groups is 1. The highest BCUT2D eigenvalue weighted by atomic mass is 31.0. The average molecular weight is 444 g/mol. The molecule has 0 amide bonds. The van der Waals surface area contributed by atoms with Crippen molar-refractivity contribution in [3.8, 4) is 0 Å². The van der Waals surface area contributed by atoms with E-state index in [-0.39, 0.29) is 40.7 Å². The molecule has 3 rings (SSSR count). The van der Waals surface area contributed by atoms with Gasteiger partial charge in [-0.15, -0.1) is 0 Å². The van der Waals surface area contributed by atoms with E-state index in [0.29, 0.717) is 11.8 Å². The van der Waals surface area contributed by atoms with Crippen LogP contribution in [-0.2, 0) is 0 Å². The summed E-state index contributed by atoms with van der Waals surface area (Å²) < 4.78 is 27.6. The maximum atomic E-state index is 13.8. The second-order valence-electron chi connectivity index (χ2n) is 11.5. The zero-order valence-electron chi connectivity index (χ0n) is 19.7. The molecule has 5 heteroatoms. The molecule has 8 unspecified atom stereocenters. The Morgan fingerprint density at radius 3 is 2.53 bits per heavy atom. The first-order valence-corrected chi connectivity index (χ1v) is 12.7. The molecule has 0 bridgehead atoms. The summed E-state index contributed by atoms with van der Waals surface area (Å²) in [4.78, 5) is 0. The van der Waals surface area contributed by atoms with Crippen LogP contribution >= 0.6 is 9.24 Å². The van der Waals surface area contributed by atoms with E-state index in [9.17, 15) is 13.9 Å². The molecule has 0 aromatic carbocycles. The average Bonchev–Trinajstić information content (AvgIpc) is 2.75. The molecule has 9 atom stereocenters. The quantitative estimate of drug-likeness (QED) is 0.375. The standard InChI is InChI=1S/C25H44F2NOP/c1-6-20-22(4,17(3)16(2)15-25(26,27)30)11-7-8-21-23(5)12-10-19(29)14-18(23)9-13-24(20,21)28/h9,16-17,19-21,29H,6-8,10-15,28,30H2,1-5H3/t16-,17?,19?,20?,21?,22?,23?,24?/m1/s1. The lowest BCUT2D eigenvalue weighted by Crippen LogP contribution is -2.63. The number of aliphatic hydroxyl groups excluding tert-OH is 1. The number of fused-ring (bicyclic) bond motifs is 3. The Hall–Kier alpha value is -0.0500. The SMILES string of the molecule is CCC1C(C)(C(C)[C@H](C)CC(F)(F)P)CCCC2C3(C)CCC(O)CC3=CCC21N. The van der Waals surface area contributed by atoms with Crippen LogP contribution in [0.2, 0.25) is 0 Å². The van der Waals surface area contributed by atoms with Crippen LogP contribution in [0.15, 0.2) is 11.6 Å². The van der Waals surface area contributed by atoms with Gasteiger partial charge in [-0.25, -0.2) is 8.78 Å². The van der Waals surface area contributed by atoms with Crippen LogP contribution in [0.1, 0.15) is 92.4 Å². The summed E-state index contributed by atoms with van der Waals surface area (Å²) in [6, 6.07) is 0. The minimum absolute atomic E-state index is 0.0521. The van der Waals surface area contributed by atoms with E-state index in [4.69, 9.17) is 5.73 Å². The number of rotatable bonds is 5. The van der Waals surface area contributed by atoms with Gasteiger partial charge in [-0.05, 0) is 73.0 Å². The van der Waals surface area contributed by atoms with Crippen LogP contribution in [0, 0.1) is 34.5 Å². The highest BCUT2D eigenvalue weighted by molar-refractivity contribution is 7.18. The van der Waals surface area contributed by atoms with Crippen molar-refractivity contribution in [1.82, 2.24) is 0 Å². The molecule has 0 spiro atoms. The Balaban J connectivity index is 1.98. The highest BCUT2D eigenvalue weighted by Crippen LogP contribution is 2.63. The van der Waals surface area contributed by atoms with Crippen molar-refractivity contribution in [2.75, 3.05) is 0 Å². The van der Waals surface area contributed by atoms with E-state index >= 15 is 0 Å². The summed E-state index contributed by atoms with van der Waals surface area (Å²) in [6.45, 7) is 11.2. The lowest BCUT2D eigenvalue weighted by atomic mass is 9.48. The molecule has 174 valence electrons. The highest BCUT2D eigenvalue weighted by Gasteiger charge is 2.60. The summed E-state index contributed by atoms with van der Waals surface area (Å²) in [7, 11) is 1.72. The summed E-state index contributed by atoms with van der Waals surface area (Å²) in [5.74, 6) is 0.815. The summed E-state index contributed by atoms with van der Waals surface area (Å²) in [5.41, 5.74) is 5.83. The van der Waals surface area contributed by atoms with Crippen molar-refractivity contribution in [3.05, 3.63) is 11.6 Å². The topological polar surface area (TPSA) is 46.2 Å². The first-order chi connectivity index (χ1) is 13.8. The minimum atomic E-state index is -2.71. The summed E-state index contributed by atoms with van der Waals surface area (Å²) >= 11 is 0. The third-order valence-electron chi connectivity index (χ3n) is 9.86. The van der Waals surface area contributed by atoms with E-state index in [0.717, 1.165) is 51.4 Å². The largest absolute Gasteiger partial charge is 0.393 e. The number of nitrogens with two attached hydrogens (primary N) is 1. The first kappa shape index (κ1) is 24.6. The smallest absolute Gasteiger partial charge is 0.259 e. The van der Waals surface area contributed by atoms with Crippen molar-refractivity contribution in [3.63, 3.8) is 0 Å². The predicted octanol–water partition coefficient (Wildman–Crippen LogP) is 6.53. The van der Waals surface area contributed by atoms with Gasteiger partial charge in [0, 0.05) is 12.0 Å². The molecule has 2 fully saturated rings. The molecule has 30 heavy (non-hydrogen) atoms. The van der Waals surface area contributed by atoms with Gasteiger partial charge in [-0.2, -0.15) is 0 Å². The van der Waals surface area contributed by atoms with Gasteiger partial charge < -0.3 is 10.8 Å². The maximum absolute atomic E-state index is 13.8. The Kier molecular flexibility index (Phi) is 6.87. The van der Waals surface area contributed by atoms with Crippen molar-refractivity contribution in [1.29, 1.82) is 0 Å². The normalized spacial score (nSPS) is 44.3. The van der Waals surface area contributed by atoms with Gasteiger partial charge in [0.25, 0.3) is 5.66 Å². The van der Waals surface area contributed by atoms with Crippen molar-refractivity contribution >= 4 is 9.24 Å². The molecule has 2 nitrogen and oxygen atoms in total. The van der Waals surface area contributed by atoms with Gasteiger partial charge in [-0.1, -0.05) is 68.3 Å². The predicted molar refractivity (Wildman–Crippen MR) is 124 cm³/mol. The van der Waals surface area contributed by atoms with Gasteiger partial charge >= 0.3 is 0 Å². The van der Waals surface area contributed by atoms with Gasteiger partial charge in [0.1, 0.15) is 0 Å². The van der Waals surface area contributed by atoms with E-state index < -0.39 is 5.66 Å². The molecule has 0 heterocycles. The van der Waals surface area contributed by atoms with E-state index in [1.807, 2.05) is 6.92 Å². The number of hydrogen-bond acceptors (Lipinski definition) is 2. The number of alkyl halides is 2. The molecule has 2 saturated carbocycles. The first-order valence-electron chi connectivity index (χ1n) is 12.1. The van der Waals surface area contributed by atoms with Crippen LogP contribution < -0.4 is 5.73 Å². The fourth-order valence-electron chi connectivity index (χ4n) is 8.06. The zero-order chi connectivity index (χ0) is 22.5. The van der Waals surface area contributed by atoms with Crippen LogP contribution in [-0.4, -0.2) is 22.4 Å². The molecular weight excluding hydrogens is 399 g/mol. The Bertz CT molecular complexity index is 664. The molecule has 3 aliphatic carbocycles. The van der Waals surface area contributed by atoms with Crippen molar-refractivity contribution in [2.45, 2.75) is 110 Å². The molecule has 0 aromatic heterocycles. The molecule has 3 aliphatic rings. The van der Waals surface area contributed by atoms with Crippen molar-refractivity contribution in [2.24, 2.45) is 40.2 Å². The van der Waals surface area contributed by atoms with Gasteiger partial charge in [0.05, 0.1) is 6.10 Å². The lowest BCUT2D eigenvalue weighted by Gasteiger charge is -2.59. The van der Waals surface area contributed by atoms with Gasteiger partial charge in [-0.3, -0.25) is 0 Å². The Morgan fingerprint density at radius 2 is 1.93 bits per heavy atom. The van der Waals surface area contributed by atoms with Crippen LogP contribution in [0.25, 0.3) is 0 Å². The van der Waals surface area contributed by atoms with E-state index in [2.05, 4.69) is 33.8 Å². The zero-order valence-corrected chi connectivity index (χ0v) is 20.8.